The molecule has 0 saturated carbocycles. The van der Waals surface area contributed by atoms with Crippen LogP contribution in [0.3, 0.4) is 0 Å². The SMILES string of the molecule is [N-]=[N+]=NCCCCNC(=O)COc1cccc(Cl)c1. The molecule has 0 aromatic heterocycles. The molecule has 1 aromatic rings. The highest BCUT2D eigenvalue weighted by molar-refractivity contribution is 6.30. The predicted octanol–water partition coefficient (Wildman–Crippen LogP) is 2.93. The van der Waals surface area contributed by atoms with Crippen LogP contribution in [0.15, 0.2) is 29.4 Å². The number of unbranched alkanes of at least 4 members (excludes halogenated alkanes) is 1. The zero-order chi connectivity index (χ0) is 13.9. The fourth-order valence-electron chi connectivity index (χ4n) is 1.34. The lowest BCUT2D eigenvalue weighted by molar-refractivity contribution is -0.123. The predicted molar refractivity (Wildman–Crippen MR) is 73.2 cm³/mol. The van der Waals surface area contributed by atoms with Crippen LogP contribution in [-0.2, 0) is 4.79 Å². The van der Waals surface area contributed by atoms with Gasteiger partial charge in [0.25, 0.3) is 5.91 Å². The number of halogens is 1. The molecule has 1 amide bonds. The molecule has 6 nitrogen and oxygen atoms in total. The summed E-state index contributed by atoms with van der Waals surface area (Å²) in [4.78, 5) is 14.1. The smallest absolute Gasteiger partial charge is 0.257 e. The molecule has 0 saturated heterocycles. The van der Waals surface area contributed by atoms with Crippen molar-refractivity contribution in [2.75, 3.05) is 19.7 Å². The lowest BCUT2D eigenvalue weighted by Crippen LogP contribution is -2.29. The van der Waals surface area contributed by atoms with Crippen LogP contribution in [-0.4, -0.2) is 25.6 Å². The normalized spacial score (nSPS) is 9.53. The fourth-order valence-corrected chi connectivity index (χ4v) is 1.52. The minimum atomic E-state index is -0.191. The van der Waals surface area contributed by atoms with E-state index in [9.17, 15) is 4.79 Å². The Morgan fingerprint density at radius 2 is 2.32 bits per heavy atom. The highest BCUT2D eigenvalue weighted by Crippen LogP contribution is 2.16. The van der Waals surface area contributed by atoms with Crippen molar-refractivity contribution in [2.24, 2.45) is 5.11 Å². The Balaban J connectivity index is 2.12. The van der Waals surface area contributed by atoms with E-state index in [1.165, 1.54) is 0 Å². The summed E-state index contributed by atoms with van der Waals surface area (Å²) in [5.74, 6) is 0.370. The summed E-state index contributed by atoms with van der Waals surface area (Å²) in [6.07, 6.45) is 1.52. The second-order valence-electron chi connectivity index (χ2n) is 3.76. The first-order valence-electron chi connectivity index (χ1n) is 5.88. The van der Waals surface area contributed by atoms with Gasteiger partial charge < -0.3 is 10.1 Å². The van der Waals surface area contributed by atoms with E-state index < -0.39 is 0 Å². The molecule has 0 fully saturated rings. The topological polar surface area (TPSA) is 87.1 Å². The van der Waals surface area contributed by atoms with Gasteiger partial charge in [0, 0.05) is 23.0 Å². The Labute approximate surface area is 116 Å². The third kappa shape index (κ3) is 7.18. The van der Waals surface area contributed by atoms with Gasteiger partial charge in [0.15, 0.2) is 6.61 Å². The highest BCUT2D eigenvalue weighted by Gasteiger charge is 2.02. The van der Waals surface area contributed by atoms with E-state index >= 15 is 0 Å². The van der Waals surface area contributed by atoms with E-state index in [1.54, 1.807) is 24.3 Å². The van der Waals surface area contributed by atoms with Crippen LogP contribution < -0.4 is 10.1 Å². The first kappa shape index (κ1) is 15.1. The minimum Gasteiger partial charge on any atom is -0.484 e. The van der Waals surface area contributed by atoms with Crippen LogP contribution in [0.2, 0.25) is 5.02 Å². The van der Waals surface area contributed by atoms with Gasteiger partial charge in [-0.05, 0) is 36.6 Å². The summed E-state index contributed by atoms with van der Waals surface area (Å²) in [6.45, 7) is 0.945. The van der Waals surface area contributed by atoms with Crippen LogP contribution >= 0.6 is 11.6 Å². The maximum absolute atomic E-state index is 11.4. The van der Waals surface area contributed by atoms with Crippen molar-refractivity contribution in [3.63, 3.8) is 0 Å². The molecular weight excluding hydrogens is 268 g/mol. The van der Waals surface area contributed by atoms with Crippen molar-refractivity contribution in [3.8, 4) is 5.75 Å². The Morgan fingerprint density at radius 3 is 3.05 bits per heavy atom. The Bertz CT molecular complexity index is 461. The molecular formula is C12H15ClN4O2. The fraction of sp³-hybridized carbons (Fsp3) is 0.417. The van der Waals surface area contributed by atoms with E-state index in [1.807, 2.05) is 0 Å². The number of ether oxygens (including phenoxy) is 1. The number of hydrogen-bond donors (Lipinski definition) is 1. The summed E-state index contributed by atoms with van der Waals surface area (Å²) >= 11 is 5.79. The van der Waals surface area contributed by atoms with E-state index in [0.717, 1.165) is 12.8 Å². The zero-order valence-corrected chi connectivity index (χ0v) is 11.1. The molecule has 7 heteroatoms. The van der Waals surface area contributed by atoms with Gasteiger partial charge in [-0.3, -0.25) is 4.79 Å². The summed E-state index contributed by atoms with van der Waals surface area (Å²) in [6, 6.07) is 6.87. The molecule has 0 aliphatic rings. The Morgan fingerprint density at radius 1 is 1.47 bits per heavy atom. The molecule has 1 rings (SSSR count). The summed E-state index contributed by atoms with van der Waals surface area (Å²) < 4.78 is 5.28. The molecule has 19 heavy (non-hydrogen) atoms. The van der Waals surface area contributed by atoms with E-state index in [0.29, 0.717) is 23.9 Å². The number of carbonyl (C=O) groups is 1. The van der Waals surface area contributed by atoms with Crippen LogP contribution in [0.4, 0.5) is 0 Å². The maximum Gasteiger partial charge on any atom is 0.257 e. The van der Waals surface area contributed by atoms with Crippen LogP contribution in [0.5, 0.6) is 5.75 Å². The van der Waals surface area contributed by atoms with Crippen molar-refractivity contribution in [1.82, 2.24) is 5.32 Å². The van der Waals surface area contributed by atoms with Crippen LogP contribution in [0, 0.1) is 0 Å². The second-order valence-corrected chi connectivity index (χ2v) is 4.19. The molecule has 0 aliphatic carbocycles. The average molecular weight is 283 g/mol. The second kappa shape index (κ2) is 9.08. The van der Waals surface area contributed by atoms with Gasteiger partial charge in [-0.15, -0.1) is 0 Å². The van der Waals surface area contributed by atoms with Crippen molar-refractivity contribution < 1.29 is 9.53 Å². The number of nitrogens with one attached hydrogen (secondary N) is 1. The van der Waals surface area contributed by atoms with E-state index in [2.05, 4.69) is 15.3 Å². The zero-order valence-electron chi connectivity index (χ0n) is 10.4. The highest BCUT2D eigenvalue weighted by atomic mass is 35.5. The van der Waals surface area contributed by atoms with Gasteiger partial charge in [-0.2, -0.15) is 0 Å². The summed E-state index contributed by atoms with van der Waals surface area (Å²) in [7, 11) is 0. The number of carbonyl (C=O) groups excluding carboxylic acids is 1. The summed E-state index contributed by atoms with van der Waals surface area (Å²) in [5.41, 5.74) is 8.07. The van der Waals surface area contributed by atoms with E-state index in [4.69, 9.17) is 21.9 Å². The molecule has 0 atom stereocenters. The minimum absolute atomic E-state index is 0.0449. The average Bonchev–Trinajstić information content (AvgIpc) is 2.40. The van der Waals surface area contributed by atoms with Crippen LogP contribution in [0.1, 0.15) is 12.8 Å². The molecule has 0 unspecified atom stereocenters. The number of nitrogens with zero attached hydrogens (tertiary/aromatic N) is 3. The van der Waals surface area contributed by atoms with Gasteiger partial charge >= 0.3 is 0 Å². The molecule has 0 spiro atoms. The van der Waals surface area contributed by atoms with Gasteiger partial charge in [0.1, 0.15) is 5.75 Å². The largest absolute Gasteiger partial charge is 0.484 e. The number of rotatable bonds is 8. The lowest BCUT2D eigenvalue weighted by Gasteiger charge is -2.07. The van der Waals surface area contributed by atoms with Crippen molar-refractivity contribution in [3.05, 3.63) is 39.7 Å². The van der Waals surface area contributed by atoms with Crippen molar-refractivity contribution in [2.45, 2.75) is 12.8 Å². The van der Waals surface area contributed by atoms with Crippen LogP contribution in [0.25, 0.3) is 10.4 Å². The van der Waals surface area contributed by atoms with Gasteiger partial charge in [-0.1, -0.05) is 22.8 Å². The van der Waals surface area contributed by atoms with Gasteiger partial charge in [-0.25, -0.2) is 0 Å². The Hall–Kier alpha value is -1.91. The third-order valence-corrected chi connectivity index (χ3v) is 2.47. The van der Waals surface area contributed by atoms with Crippen molar-refractivity contribution >= 4 is 17.5 Å². The molecule has 0 heterocycles. The number of amides is 1. The molecule has 102 valence electrons. The molecule has 0 radical (unpaired) electrons. The Kier molecular flexibility index (Phi) is 7.24. The first-order valence-corrected chi connectivity index (χ1v) is 6.26. The number of benzene rings is 1. The first-order chi connectivity index (χ1) is 9.22. The monoisotopic (exact) mass is 282 g/mol. The number of azide groups is 1. The lowest BCUT2D eigenvalue weighted by atomic mass is 10.3. The number of hydrogen-bond acceptors (Lipinski definition) is 3. The molecule has 0 bridgehead atoms. The molecule has 0 aliphatic heterocycles. The maximum atomic E-state index is 11.4. The van der Waals surface area contributed by atoms with E-state index in [-0.39, 0.29) is 12.5 Å². The molecule has 1 N–H and O–H groups in total. The van der Waals surface area contributed by atoms with Gasteiger partial charge in [0.2, 0.25) is 0 Å². The quantitative estimate of drug-likeness (QED) is 0.344. The summed E-state index contributed by atoms with van der Waals surface area (Å²) in [5, 5.41) is 6.68. The molecule has 1 aromatic carbocycles. The van der Waals surface area contributed by atoms with Gasteiger partial charge in [0.05, 0.1) is 0 Å². The standard InChI is InChI=1S/C12H15ClN4O2/c13-10-4-3-5-11(8-10)19-9-12(18)15-6-1-2-7-16-17-14/h3-5,8H,1-2,6-7,9H2,(H,15,18). The third-order valence-electron chi connectivity index (χ3n) is 2.24. The van der Waals surface area contributed by atoms with Crippen molar-refractivity contribution in [1.29, 1.82) is 0 Å².